The lowest BCUT2D eigenvalue weighted by Crippen LogP contribution is -2.43. The Morgan fingerprint density at radius 1 is 1.10 bits per heavy atom. The molecule has 0 unspecified atom stereocenters. The molecular weight excluding hydrogens is 402 g/mol. The topological polar surface area (TPSA) is 87.5 Å². The standard InChI is InChI=1S/C21H23N5O3S/c1-15(27)25-10-6-16-13-17(4-5-19(16)25)30(28,29)26-14-20(24-11-8-22-9-12-24)18-3-2-7-23-21(18)26/h2-5,7,13-14,22H,6,8-12H2,1H3. The predicted octanol–water partition coefficient (Wildman–Crippen LogP) is 1.59. The molecule has 0 saturated carbocycles. The third-order valence-corrected chi connectivity index (χ3v) is 7.50. The number of fused-ring (bicyclic) bond motifs is 2. The summed E-state index contributed by atoms with van der Waals surface area (Å²) in [5.74, 6) is -0.0365. The van der Waals surface area contributed by atoms with Gasteiger partial charge in [-0.25, -0.2) is 17.4 Å². The van der Waals surface area contributed by atoms with Crippen LogP contribution in [0.3, 0.4) is 0 Å². The fourth-order valence-corrected chi connectivity index (χ4v) is 5.70. The Hall–Kier alpha value is -2.91. The Balaban J connectivity index is 1.61. The number of aromatic nitrogens is 2. The van der Waals surface area contributed by atoms with E-state index in [1.807, 2.05) is 12.1 Å². The van der Waals surface area contributed by atoms with Crippen LogP contribution in [0, 0.1) is 0 Å². The number of carbonyl (C=O) groups is 1. The second-order valence-corrected chi connectivity index (χ2v) is 9.45. The van der Waals surface area contributed by atoms with Crippen LogP contribution in [0.25, 0.3) is 11.0 Å². The molecule has 1 fully saturated rings. The van der Waals surface area contributed by atoms with Crippen LogP contribution in [0.2, 0.25) is 0 Å². The molecule has 0 spiro atoms. The average molecular weight is 426 g/mol. The molecule has 5 rings (SSSR count). The molecule has 0 radical (unpaired) electrons. The van der Waals surface area contributed by atoms with Crippen LogP contribution >= 0.6 is 0 Å². The maximum atomic E-state index is 13.6. The van der Waals surface area contributed by atoms with Crippen molar-refractivity contribution in [1.29, 1.82) is 0 Å². The summed E-state index contributed by atoms with van der Waals surface area (Å²) in [5.41, 5.74) is 2.97. The van der Waals surface area contributed by atoms with Crippen molar-refractivity contribution in [2.45, 2.75) is 18.2 Å². The molecule has 4 heterocycles. The van der Waals surface area contributed by atoms with Gasteiger partial charge in [-0.05, 0) is 42.3 Å². The smallest absolute Gasteiger partial charge is 0.269 e. The van der Waals surface area contributed by atoms with Crippen LogP contribution in [-0.2, 0) is 21.2 Å². The second kappa shape index (κ2) is 7.10. The summed E-state index contributed by atoms with van der Waals surface area (Å²) in [6.07, 6.45) is 3.95. The van der Waals surface area contributed by atoms with E-state index < -0.39 is 10.0 Å². The maximum absolute atomic E-state index is 13.6. The van der Waals surface area contributed by atoms with Crippen molar-refractivity contribution in [3.63, 3.8) is 0 Å². The number of benzene rings is 1. The van der Waals surface area contributed by atoms with Gasteiger partial charge in [0.2, 0.25) is 5.91 Å². The number of rotatable bonds is 3. The molecule has 8 nitrogen and oxygen atoms in total. The Bertz CT molecular complexity index is 1240. The van der Waals surface area contributed by atoms with Gasteiger partial charge < -0.3 is 15.1 Å². The van der Waals surface area contributed by atoms with Crippen molar-refractivity contribution in [2.75, 3.05) is 42.5 Å². The molecule has 9 heteroatoms. The fraction of sp³-hybridized carbons (Fsp3) is 0.333. The van der Waals surface area contributed by atoms with E-state index in [0.29, 0.717) is 18.6 Å². The number of carbonyl (C=O) groups excluding carboxylic acids is 1. The van der Waals surface area contributed by atoms with Crippen molar-refractivity contribution >= 4 is 38.3 Å². The molecule has 1 aromatic carbocycles. The van der Waals surface area contributed by atoms with Gasteiger partial charge in [0, 0.05) is 63.1 Å². The molecule has 2 aliphatic rings. The summed E-state index contributed by atoms with van der Waals surface area (Å²) < 4.78 is 28.4. The van der Waals surface area contributed by atoms with E-state index in [1.165, 1.54) is 10.9 Å². The van der Waals surface area contributed by atoms with Gasteiger partial charge in [0.25, 0.3) is 10.0 Å². The van der Waals surface area contributed by atoms with Crippen LogP contribution in [0.1, 0.15) is 12.5 Å². The molecule has 30 heavy (non-hydrogen) atoms. The lowest BCUT2D eigenvalue weighted by Gasteiger charge is -2.28. The largest absolute Gasteiger partial charge is 0.367 e. The van der Waals surface area contributed by atoms with E-state index in [0.717, 1.165) is 48.5 Å². The summed E-state index contributed by atoms with van der Waals surface area (Å²) in [4.78, 5) is 20.3. The summed E-state index contributed by atoms with van der Waals surface area (Å²) in [6.45, 7) is 5.44. The number of amides is 1. The predicted molar refractivity (Wildman–Crippen MR) is 116 cm³/mol. The minimum Gasteiger partial charge on any atom is -0.367 e. The summed E-state index contributed by atoms with van der Waals surface area (Å²) in [6, 6.07) is 8.74. The first-order valence-electron chi connectivity index (χ1n) is 10.0. The van der Waals surface area contributed by atoms with E-state index in [4.69, 9.17) is 0 Å². The number of nitrogens with one attached hydrogen (secondary N) is 1. The first kappa shape index (κ1) is 19.1. The van der Waals surface area contributed by atoms with Gasteiger partial charge in [-0.1, -0.05) is 0 Å². The maximum Gasteiger partial charge on any atom is 0.269 e. The van der Waals surface area contributed by atoms with Crippen LogP contribution in [-0.4, -0.2) is 56.0 Å². The highest BCUT2D eigenvalue weighted by atomic mass is 32.2. The molecule has 1 N–H and O–H groups in total. The van der Waals surface area contributed by atoms with Gasteiger partial charge >= 0.3 is 0 Å². The lowest BCUT2D eigenvalue weighted by atomic mass is 10.2. The highest BCUT2D eigenvalue weighted by molar-refractivity contribution is 7.90. The second-order valence-electron chi connectivity index (χ2n) is 7.64. The zero-order chi connectivity index (χ0) is 20.9. The Kier molecular flexibility index (Phi) is 4.52. The van der Waals surface area contributed by atoms with E-state index in [9.17, 15) is 13.2 Å². The van der Waals surface area contributed by atoms with Gasteiger partial charge in [0.05, 0.1) is 10.6 Å². The third kappa shape index (κ3) is 2.96. The van der Waals surface area contributed by atoms with Crippen LogP contribution < -0.4 is 15.1 Å². The van der Waals surface area contributed by atoms with Crippen LogP contribution in [0.15, 0.2) is 47.6 Å². The molecule has 3 aromatic rings. The zero-order valence-corrected chi connectivity index (χ0v) is 17.5. The third-order valence-electron chi connectivity index (χ3n) is 5.85. The van der Waals surface area contributed by atoms with Crippen LogP contribution in [0.4, 0.5) is 11.4 Å². The van der Waals surface area contributed by atoms with Gasteiger partial charge in [0.15, 0.2) is 5.65 Å². The van der Waals surface area contributed by atoms with Gasteiger partial charge in [-0.3, -0.25) is 4.79 Å². The Labute approximate surface area is 175 Å². The number of hydrogen-bond donors (Lipinski definition) is 1. The summed E-state index contributed by atoms with van der Waals surface area (Å²) in [5, 5.41) is 4.15. The van der Waals surface area contributed by atoms with Gasteiger partial charge in [-0.2, -0.15) is 0 Å². The first-order valence-corrected chi connectivity index (χ1v) is 11.5. The average Bonchev–Trinajstić information content (AvgIpc) is 3.36. The minimum atomic E-state index is -3.83. The lowest BCUT2D eigenvalue weighted by molar-refractivity contribution is -0.116. The molecule has 0 atom stereocenters. The number of nitrogens with zero attached hydrogens (tertiary/aromatic N) is 4. The van der Waals surface area contributed by atoms with Gasteiger partial charge in [0.1, 0.15) is 0 Å². The van der Waals surface area contributed by atoms with Crippen molar-refractivity contribution in [3.05, 3.63) is 48.3 Å². The quantitative estimate of drug-likeness (QED) is 0.686. The van der Waals surface area contributed by atoms with E-state index in [2.05, 4.69) is 15.2 Å². The number of anilines is 2. The minimum absolute atomic E-state index is 0.0365. The molecule has 2 aliphatic heterocycles. The van der Waals surface area contributed by atoms with E-state index in [-0.39, 0.29) is 10.8 Å². The Morgan fingerprint density at radius 2 is 1.90 bits per heavy atom. The summed E-state index contributed by atoms with van der Waals surface area (Å²) >= 11 is 0. The molecule has 1 amide bonds. The highest BCUT2D eigenvalue weighted by Crippen LogP contribution is 2.34. The van der Waals surface area contributed by atoms with Crippen molar-refractivity contribution in [1.82, 2.24) is 14.3 Å². The van der Waals surface area contributed by atoms with Crippen LogP contribution in [0.5, 0.6) is 0 Å². The molecule has 2 aromatic heterocycles. The van der Waals surface area contributed by atoms with Crippen molar-refractivity contribution in [2.24, 2.45) is 0 Å². The Morgan fingerprint density at radius 3 is 2.67 bits per heavy atom. The van der Waals surface area contributed by atoms with Gasteiger partial charge in [-0.15, -0.1) is 0 Å². The molecule has 0 aliphatic carbocycles. The van der Waals surface area contributed by atoms with Crippen molar-refractivity contribution < 1.29 is 13.2 Å². The highest BCUT2D eigenvalue weighted by Gasteiger charge is 2.28. The molecule has 156 valence electrons. The van der Waals surface area contributed by atoms with Crippen molar-refractivity contribution in [3.8, 4) is 0 Å². The number of hydrogen-bond acceptors (Lipinski definition) is 6. The SMILES string of the molecule is CC(=O)N1CCc2cc(S(=O)(=O)n3cc(N4CCNCC4)c4cccnc43)ccc21. The molecule has 0 bridgehead atoms. The first-order chi connectivity index (χ1) is 14.5. The molecular formula is C21H23N5O3S. The van der Waals surface area contributed by atoms with E-state index in [1.54, 1.807) is 35.5 Å². The normalized spacial score (nSPS) is 16.8. The summed E-state index contributed by atoms with van der Waals surface area (Å²) in [7, 11) is -3.83. The number of piperazine rings is 1. The monoisotopic (exact) mass is 425 g/mol. The fourth-order valence-electron chi connectivity index (χ4n) is 4.33. The number of pyridine rings is 1. The van der Waals surface area contributed by atoms with E-state index >= 15 is 0 Å². The molecule has 1 saturated heterocycles. The zero-order valence-electron chi connectivity index (χ0n) is 16.7.